The molecule has 2 aromatic rings. The monoisotopic (exact) mass is 322 g/mol. The number of fused-ring (bicyclic) bond motifs is 1. The van der Waals surface area contributed by atoms with Gasteiger partial charge in [0.2, 0.25) is 0 Å². The minimum Gasteiger partial charge on any atom is -0.346 e. The van der Waals surface area contributed by atoms with Crippen LogP contribution in [0, 0.1) is 0 Å². The lowest BCUT2D eigenvalue weighted by Gasteiger charge is -2.33. The molecule has 1 aliphatic heterocycles. The van der Waals surface area contributed by atoms with Gasteiger partial charge in [-0.15, -0.1) is 0 Å². The Bertz CT molecular complexity index is 558. The van der Waals surface area contributed by atoms with Crippen molar-refractivity contribution in [1.82, 2.24) is 19.8 Å². The quantitative estimate of drug-likeness (QED) is 0.942. The molecule has 102 valence electrons. The number of pyridine rings is 1. The number of aromatic amines is 1. The summed E-state index contributed by atoms with van der Waals surface area (Å²) in [5, 5.41) is 1.23. The van der Waals surface area contributed by atoms with Gasteiger partial charge < -0.3 is 9.88 Å². The molecule has 0 saturated carbocycles. The lowest BCUT2D eigenvalue weighted by Crippen LogP contribution is -2.45. The van der Waals surface area contributed by atoms with E-state index in [2.05, 4.69) is 54.9 Å². The first-order chi connectivity index (χ1) is 9.26. The zero-order valence-corrected chi connectivity index (χ0v) is 12.8. The number of hydrogen-bond donors (Lipinski definition) is 1. The van der Waals surface area contributed by atoms with Crippen LogP contribution in [0.25, 0.3) is 11.0 Å². The first kappa shape index (κ1) is 13.1. The summed E-state index contributed by atoms with van der Waals surface area (Å²) in [6, 6.07) is 2.15. The molecule has 0 bridgehead atoms. The highest BCUT2D eigenvalue weighted by atomic mass is 79.9. The predicted octanol–water partition coefficient (Wildman–Crippen LogP) is 2.46. The molecule has 1 aliphatic rings. The van der Waals surface area contributed by atoms with Crippen molar-refractivity contribution in [3.8, 4) is 0 Å². The number of nitrogens with one attached hydrogen (secondary N) is 1. The highest BCUT2D eigenvalue weighted by Crippen LogP contribution is 2.22. The van der Waals surface area contributed by atoms with Crippen molar-refractivity contribution >= 4 is 27.0 Å². The number of aromatic nitrogens is 2. The van der Waals surface area contributed by atoms with Crippen molar-refractivity contribution in [2.24, 2.45) is 0 Å². The average Bonchev–Trinajstić information content (AvgIpc) is 2.82. The third-order valence-corrected chi connectivity index (χ3v) is 4.32. The molecule has 1 saturated heterocycles. The molecule has 0 amide bonds. The normalized spacial score (nSPS) is 18.2. The second kappa shape index (κ2) is 5.61. The van der Waals surface area contributed by atoms with Crippen LogP contribution in [0.3, 0.4) is 0 Å². The Morgan fingerprint density at radius 1 is 1.26 bits per heavy atom. The molecule has 0 atom stereocenters. The summed E-state index contributed by atoms with van der Waals surface area (Å²) in [6.07, 6.45) is 3.93. The molecule has 3 heterocycles. The van der Waals surface area contributed by atoms with E-state index in [1.807, 2.05) is 6.20 Å². The van der Waals surface area contributed by atoms with Gasteiger partial charge in [-0.1, -0.05) is 6.92 Å². The summed E-state index contributed by atoms with van der Waals surface area (Å²) < 4.78 is 1.04. The number of rotatable bonds is 3. The largest absolute Gasteiger partial charge is 0.346 e. The van der Waals surface area contributed by atoms with Gasteiger partial charge in [0.1, 0.15) is 5.65 Å². The van der Waals surface area contributed by atoms with Crippen molar-refractivity contribution in [1.29, 1.82) is 0 Å². The second-order valence-corrected chi connectivity index (χ2v) is 5.99. The van der Waals surface area contributed by atoms with Crippen LogP contribution >= 0.6 is 15.9 Å². The van der Waals surface area contributed by atoms with Gasteiger partial charge in [0.25, 0.3) is 0 Å². The molecule has 1 N–H and O–H groups in total. The van der Waals surface area contributed by atoms with Gasteiger partial charge in [-0.25, -0.2) is 4.98 Å². The van der Waals surface area contributed by atoms with E-state index in [-0.39, 0.29) is 0 Å². The van der Waals surface area contributed by atoms with Gasteiger partial charge in [0, 0.05) is 55.0 Å². The van der Waals surface area contributed by atoms with Crippen LogP contribution in [0.2, 0.25) is 0 Å². The van der Waals surface area contributed by atoms with E-state index in [4.69, 9.17) is 0 Å². The molecule has 0 aromatic carbocycles. The van der Waals surface area contributed by atoms with Gasteiger partial charge in [0.15, 0.2) is 0 Å². The summed E-state index contributed by atoms with van der Waals surface area (Å²) in [5.74, 6) is 0. The Morgan fingerprint density at radius 3 is 2.74 bits per heavy atom. The molecule has 0 radical (unpaired) electrons. The van der Waals surface area contributed by atoms with Gasteiger partial charge >= 0.3 is 0 Å². The second-order valence-electron chi connectivity index (χ2n) is 5.07. The fraction of sp³-hybridized carbons (Fsp3) is 0.500. The Hall–Kier alpha value is -0.910. The number of H-pyrrole nitrogens is 1. The fourth-order valence-electron chi connectivity index (χ4n) is 2.67. The van der Waals surface area contributed by atoms with Crippen molar-refractivity contribution < 1.29 is 0 Å². The minimum absolute atomic E-state index is 0.977. The minimum atomic E-state index is 0.977. The highest BCUT2D eigenvalue weighted by Gasteiger charge is 2.17. The molecular formula is C14H19BrN4. The lowest BCUT2D eigenvalue weighted by molar-refractivity contribution is 0.132. The van der Waals surface area contributed by atoms with E-state index in [9.17, 15) is 0 Å². The Balaban J connectivity index is 1.73. The van der Waals surface area contributed by atoms with E-state index in [1.165, 1.54) is 24.0 Å². The topological polar surface area (TPSA) is 35.2 Å². The average molecular weight is 323 g/mol. The van der Waals surface area contributed by atoms with Crippen LogP contribution in [0.1, 0.15) is 12.5 Å². The Labute approximate surface area is 121 Å². The Morgan fingerprint density at radius 2 is 2.00 bits per heavy atom. The number of hydrogen-bond acceptors (Lipinski definition) is 3. The molecule has 2 aromatic heterocycles. The number of piperazine rings is 1. The number of likely N-dealkylation sites (N-methyl/N-ethyl adjacent to an activating group) is 1. The molecule has 1 fully saturated rings. The van der Waals surface area contributed by atoms with Crippen molar-refractivity contribution in [2.45, 2.75) is 13.5 Å². The molecule has 0 unspecified atom stereocenters. The molecule has 0 spiro atoms. The van der Waals surface area contributed by atoms with Gasteiger partial charge in [-0.05, 0) is 34.1 Å². The van der Waals surface area contributed by atoms with Crippen LogP contribution in [0.4, 0.5) is 0 Å². The summed E-state index contributed by atoms with van der Waals surface area (Å²) in [4.78, 5) is 12.7. The van der Waals surface area contributed by atoms with E-state index < -0.39 is 0 Å². The van der Waals surface area contributed by atoms with E-state index in [1.54, 1.807) is 0 Å². The third kappa shape index (κ3) is 2.83. The zero-order chi connectivity index (χ0) is 13.2. The number of halogens is 1. The smallest absolute Gasteiger partial charge is 0.137 e. The summed E-state index contributed by atoms with van der Waals surface area (Å²) >= 11 is 3.50. The van der Waals surface area contributed by atoms with Crippen LogP contribution < -0.4 is 0 Å². The van der Waals surface area contributed by atoms with Crippen LogP contribution in [-0.2, 0) is 6.54 Å². The first-order valence-electron chi connectivity index (χ1n) is 6.82. The molecule has 3 rings (SSSR count). The van der Waals surface area contributed by atoms with E-state index >= 15 is 0 Å². The Kier molecular flexibility index (Phi) is 3.86. The molecule has 0 aliphatic carbocycles. The summed E-state index contributed by atoms with van der Waals surface area (Å²) in [7, 11) is 0. The lowest BCUT2D eigenvalue weighted by atomic mass is 10.2. The summed E-state index contributed by atoms with van der Waals surface area (Å²) in [6.45, 7) is 9.08. The van der Waals surface area contributed by atoms with Crippen molar-refractivity contribution in [3.63, 3.8) is 0 Å². The van der Waals surface area contributed by atoms with Crippen LogP contribution in [0.5, 0.6) is 0 Å². The maximum Gasteiger partial charge on any atom is 0.137 e. The molecule has 19 heavy (non-hydrogen) atoms. The van der Waals surface area contributed by atoms with Gasteiger partial charge in [-0.3, -0.25) is 4.90 Å². The predicted molar refractivity (Wildman–Crippen MR) is 81.2 cm³/mol. The SMILES string of the molecule is CCN1CCN(Cc2c[nH]c3ncc(Br)cc23)CC1. The number of nitrogens with zero attached hydrogens (tertiary/aromatic N) is 3. The summed E-state index contributed by atoms with van der Waals surface area (Å²) in [5.41, 5.74) is 2.32. The van der Waals surface area contributed by atoms with Crippen LogP contribution in [0.15, 0.2) is 22.9 Å². The van der Waals surface area contributed by atoms with E-state index in [0.29, 0.717) is 0 Å². The van der Waals surface area contributed by atoms with Crippen molar-refractivity contribution in [3.05, 3.63) is 28.5 Å². The zero-order valence-electron chi connectivity index (χ0n) is 11.2. The fourth-order valence-corrected chi connectivity index (χ4v) is 3.00. The van der Waals surface area contributed by atoms with Crippen molar-refractivity contribution in [2.75, 3.05) is 32.7 Å². The van der Waals surface area contributed by atoms with Gasteiger partial charge in [0.05, 0.1) is 0 Å². The maximum atomic E-state index is 4.39. The standard InChI is InChI=1S/C14H19BrN4/c1-2-18-3-5-19(6-4-18)10-11-8-16-14-13(11)7-12(15)9-17-14/h7-9H,2-6,10H2,1H3,(H,16,17). The molecular weight excluding hydrogens is 304 g/mol. The molecule has 4 nitrogen and oxygen atoms in total. The van der Waals surface area contributed by atoms with Crippen LogP contribution in [-0.4, -0.2) is 52.5 Å². The molecule has 5 heteroatoms. The van der Waals surface area contributed by atoms with E-state index in [0.717, 1.165) is 36.3 Å². The highest BCUT2D eigenvalue weighted by molar-refractivity contribution is 9.10. The third-order valence-electron chi connectivity index (χ3n) is 3.89. The first-order valence-corrected chi connectivity index (χ1v) is 7.62. The maximum absolute atomic E-state index is 4.39. The van der Waals surface area contributed by atoms with Gasteiger partial charge in [-0.2, -0.15) is 0 Å².